The molecule has 0 spiro atoms. The molecule has 0 saturated carbocycles. The maximum absolute atomic E-state index is 13.4. The number of anilines is 1. The molecule has 1 aromatic carbocycles. The average molecular weight is 298 g/mol. The first-order valence-electron chi connectivity index (χ1n) is 6.80. The Morgan fingerprint density at radius 3 is 2.55 bits per heavy atom. The summed E-state index contributed by atoms with van der Waals surface area (Å²) in [5.41, 5.74) is 1.44. The molecule has 0 bridgehead atoms. The van der Waals surface area contributed by atoms with Crippen molar-refractivity contribution in [1.29, 1.82) is 0 Å². The molecule has 0 saturated heterocycles. The van der Waals surface area contributed by atoms with Crippen LogP contribution in [0.15, 0.2) is 18.2 Å². The zero-order valence-electron chi connectivity index (χ0n) is 12.9. The van der Waals surface area contributed by atoms with Crippen LogP contribution in [-0.4, -0.2) is 32.3 Å². The van der Waals surface area contributed by atoms with E-state index < -0.39 is 0 Å². The average Bonchev–Trinajstić information content (AvgIpc) is 2.30. The Bertz CT molecular complexity index is 472. The summed E-state index contributed by atoms with van der Waals surface area (Å²) in [6, 6.07) is 5.01. The van der Waals surface area contributed by atoms with E-state index in [1.807, 2.05) is 6.07 Å². The molecule has 0 heterocycles. The minimum atomic E-state index is -0.227. The third-order valence-electron chi connectivity index (χ3n) is 2.99. The molecule has 1 aromatic rings. The van der Waals surface area contributed by atoms with Crippen molar-refractivity contribution in [3.05, 3.63) is 29.6 Å². The summed E-state index contributed by atoms with van der Waals surface area (Å²) in [5.74, 6) is -0.227. The van der Waals surface area contributed by atoms with Gasteiger partial charge in [-0.25, -0.2) is 4.39 Å². The number of quaternary nitrogens is 1. The lowest BCUT2D eigenvalue weighted by Crippen LogP contribution is -3.07. The fraction of sp³-hybridized carbons (Fsp3) is 0.533. The maximum Gasteiger partial charge on any atom is 0.170 e. The van der Waals surface area contributed by atoms with Gasteiger partial charge in [-0.15, -0.1) is 0 Å². The van der Waals surface area contributed by atoms with Crippen molar-refractivity contribution in [2.45, 2.75) is 20.8 Å². The zero-order chi connectivity index (χ0) is 15.3. The van der Waals surface area contributed by atoms with Crippen LogP contribution in [0.3, 0.4) is 0 Å². The van der Waals surface area contributed by atoms with Gasteiger partial charge in [0, 0.05) is 17.6 Å². The highest BCUT2D eigenvalue weighted by Crippen LogP contribution is 2.14. The van der Waals surface area contributed by atoms with Crippen molar-refractivity contribution in [1.82, 2.24) is 5.32 Å². The van der Waals surface area contributed by atoms with Crippen LogP contribution in [0.4, 0.5) is 10.1 Å². The number of thiocarbonyl (C=S) groups is 1. The lowest BCUT2D eigenvalue weighted by atomic mass is 9.93. The van der Waals surface area contributed by atoms with Crippen molar-refractivity contribution in [3.8, 4) is 0 Å². The molecule has 0 aliphatic rings. The van der Waals surface area contributed by atoms with Crippen molar-refractivity contribution >= 4 is 23.0 Å². The van der Waals surface area contributed by atoms with Gasteiger partial charge >= 0.3 is 0 Å². The highest BCUT2D eigenvalue weighted by Gasteiger charge is 2.21. The van der Waals surface area contributed by atoms with Crippen LogP contribution in [-0.2, 0) is 0 Å². The molecular weight excluding hydrogens is 273 g/mol. The normalized spacial score (nSPS) is 11.6. The Balaban J connectivity index is 2.49. The fourth-order valence-corrected chi connectivity index (χ4v) is 2.38. The molecule has 0 amide bonds. The monoisotopic (exact) mass is 298 g/mol. The van der Waals surface area contributed by atoms with Crippen LogP contribution in [0.2, 0.25) is 0 Å². The molecule has 3 N–H and O–H groups in total. The second-order valence-corrected chi connectivity index (χ2v) is 6.73. The first kappa shape index (κ1) is 16.9. The van der Waals surface area contributed by atoms with E-state index in [1.165, 1.54) is 11.0 Å². The summed E-state index contributed by atoms with van der Waals surface area (Å²) in [6.07, 6.45) is 0. The predicted molar refractivity (Wildman–Crippen MR) is 86.8 cm³/mol. The molecule has 0 fully saturated rings. The van der Waals surface area contributed by atoms with E-state index in [0.29, 0.717) is 16.4 Å². The van der Waals surface area contributed by atoms with E-state index >= 15 is 0 Å². The molecule has 0 aliphatic heterocycles. The lowest BCUT2D eigenvalue weighted by molar-refractivity contribution is -0.865. The Hall–Kier alpha value is -1.20. The molecule has 20 heavy (non-hydrogen) atoms. The minimum absolute atomic E-state index is 0.142. The van der Waals surface area contributed by atoms with Gasteiger partial charge in [0.05, 0.1) is 20.6 Å². The summed E-state index contributed by atoms with van der Waals surface area (Å²) in [7, 11) is 4.26. The van der Waals surface area contributed by atoms with E-state index in [4.69, 9.17) is 12.2 Å². The SMILES string of the molecule is Cc1ccc(NC(=S)NCC(C)(C)C[NH+](C)C)cc1F. The summed E-state index contributed by atoms with van der Waals surface area (Å²) in [5, 5.41) is 6.73. The number of nitrogens with one attached hydrogen (secondary N) is 3. The van der Waals surface area contributed by atoms with Crippen molar-refractivity contribution in [3.63, 3.8) is 0 Å². The first-order chi connectivity index (χ1) is 9.19. The highest BCUT2D eigenvalue weighted by atomic mass is 32.1. The van der Waals surface area contributed by atoms with Crippen molar-refractivity contribution in [2.75, 3.05) is 32.5 Å². The quantitative estimate of drug-likeness (QED) is 0.721. The highest BCUT2D eigenvalue weighted by molar-refractivity contribution is 7.80. The van der Waals surface area contributed by atoms with Crippen LogP contribution in [0.1, 0.15) is 19.4 Å². The first-order valence-corrected chi connectivity index (χ1v) is 7.20. The van der Waals surface area contributed by atoms with Gasteiger partial charge in [0.25, 0.3) is 0 Å². The van der Waals surface area contributed by atoms with Crippen LogP contribution < -0.4 is 15.5 Å². The van der Waals surface area contributed by atoms with Gasteiger partial charge < -0.3 is 15.5 Å². The number of halogens is 1. The standard InChI is InChI=1S/C15H24FN3S/c1-11-6-7-12(8-13(11)16)18-14(20)17-9-15(2,3)10-19(4)5/h6-8H,9-10H2,1-5H3,(H2,17,18,20)/p+1. The van der Waals surface area contributed by atoms with Crippen LogP contribution in [0.25, 0.3) is 0 Å². The van der Waals surface area contributed by atoms with Gasteiger partial charge in [-0.3, -0.25) is 0 Å². The van der Waals surface area contributed by atoms with Gasteiger partial charge in [-0.05, 0) is 36.8 Å². The molecule has 1 rings (SSSR count). The lowest BCUT2D eigenvalue weighted by Gasteiger charge is -2.26. The van der Waals surface area contributed by atoms with E-state index in [9.17, 15) is 4.39 Å². The zero-order valence-corrected chi connectivity index (χ0v) is 13.7. The summed E-state index contributed by atoms with van der Waals surface area (Å²) < 4.78 is 13.4. The minimum Gasteiger partial charge on any atom is -0.362 e. The van der Waals surface area contributed by atoms with Gasteiger partial charge in [-0.2, -0.15) is 0 Å². The van der Waals surface area contributed by atoms with E-state index in [0.717, 1.165) is 13.1 Å². The molecule has 0 unspecified atom stereocenters. The molecular formula is C15H25FN3S+. The molecule has 112 valence electrons. The Morgan fingerprint density at radius 2 is 2.00 bits per heavy atom. The molecule has 0 radical (unpaired) electrons. The van der Waals surface area contributed by atoms with Crippen LogP contribution >= 0.6 is 12.2 Å². The van der Waals surface area contributed by atoms with Gasteiger partial charge in [-0.1, -0.05) is 19.9 Å². The smallest absolute Gasteiger partial charge is 0.170 e. The maximum atomic E-state index is 13.4. The summed E-state index contributed by atoms with van der Waals surface area (Å²) in [6.45, 7) is 7.95. The van der Waals surface area contributed by atoms with Crippen molar-refractivity contribution in [2.24, 2.45) is 5.41 Å². The summed E-state index contributed by atoms with van der Waals surface area (Å²) in [4.78, 5) is 1.40. The third kappa shape index (κ3) is 5.84. The van der Waals surface area contributed by atoms with Crippen LogP contribution in [0.5, 0.6) is 0 Å². The number of aryl methyl sites for hydroxylation is 1. The molecule has 0 atom stereocenters. The number of hydrogen-bond acceptors (Lipinski definition) is 1. The summed E-state index contributed by atoms with van der Waals surface area (Å²) >= 11 is 5.24. The van der Waals surface area contributed by atoms with E-state index in [-0.39, 0.29) is 11.2 Å². The molecule has 0 aliphatic carbocycles. The number of rotatable bonds is 5. The fourth-order valence-electron chi connectivity index (χ4n) is 2.19. The molecule has 5 heteroatoms. The largest absolute Gasteiger partial charge is 0.362 e. The third-order valence-corrected chi connectivity index (χ3v) is 3.24. The molecule has 3 nitrogen and oxygen atoms in total. The van der Waals surface area contributed by atoms with Gasteiger partial charge in [0.1, 0.15) is 5.82 Å². The van der Waals surface area contributed by atoms with E-state index in [2.05, 4.69) is 38.6 Å². The van der Waals surface area contributed by atoms with Gasteiger partial charge in [0.2, 0.25) is 0 Å². The second-order valence-electron chi connectivity index (χ2n) is 6.32. The number of benzene rings is 1. The topological polar surface area (TPSA) is 28.5 Å². The Labute approximate surface area is 126 Å². The molecule has 0 aromatic heterocycles. The van der Waals surface area contributed by atoms with Gasteiger partial charge in [0.15, 0.2) is 5.11 Å². The van der Waals surface area contributed by atoms with Crippen LogP contribution in [0, 0.1) is 18.2 Å². The Kier molecular flexibility index (Phi) is 5.89. The second kappa shape index (κ2) is 6.99. The predicted octanol–water partition coefficient (Wildman–Crippen LogP) is 1.59. The van der Waals surface area contributed by atoms with E-state index in [1.54, 1.807) is 13.0 Å². The Morgan fingerprint density at radius 1 is 1.35 bits per heavy atom. The number of hydrogen-bond donors (Lipinski definition) is 3. The van der Waals surface area contributed by atoms with Crippen molar-refractivity contribution < 1.29 is 9.29 Å².